The molecular formula is C20H21N3O3S. The van der Waals surface area contributed by atoms with Gasteiger partial charge in [0.2, 0.25) is 5.91 Å². The second-order valence-corrected chi connectivity index (χ2v) is 8.82. The summed E-state index contributed by atoms with van der Waals surface area (Å²) in [6, 6.07) is 9.39. The van der Waals surface area contributed by atoms with Crippen molar-refractivity contribution < 1.29 is 14.1 Å². The molecule has 2 N–H and O–H groups in total. The van der Waals surface area contributed by atoms with Crippen LogP contribution in [0.1, 0.15) is 19.4 Å². The fourth-order valence-electron chi connectivity index (χ4n) is 3.39. The van der Waals surface area contributed by atoms with Gasteiger partial charge in [-0.3, -0.25) is 4.79 Å². The number of H-pyrrole nitrogens is 1. The van der Waals surface area contributed by atoms with E-state index in [-0.39, 0.29) is 5.91 Å². The van der Waals surface area contributed by atoms with E-state index in [2.05, 4.69) is 15.3 Å². The van der Waals surface area contributed by atoms with E-state index in [0.717, 1.165) is 27.8 Å². The number of imidazole rings is 1. The third kappa shape index (κ3) is 3.07. The number of nitrogens with zero attached hydrogens (tertiary/aromatic N) is 1. The number of methoxy groups -OCH3 is 1. The van der Waals surface area contributed by atoms with E-state index in [9.17, 15) is 9.35 Å². The van der Waals surface area contributed by atoms with E-state index >= 15 is 0 Å². The number of aromatic nitrogens is 2. The molecule has 27 heavy (non-hydrogen) atoms. The van der Waals surface area contributed by atoms with Crippen LogP contribution in [-0.4, -0.2) is 33.8 Å². The summed E-state index contributed by atoms with van der Waals surface area (Å²) >= 11 is -1.08. The summed E-state index contributed by atoms with van der Waals surface area (Å²) in [5.41, 5.74) is 3.94. The maximum Gasteiger partial charge on any atom is 0.230 e. The lowest BCUT2D eigenvalue weighted by atomic mass is 9.81. The van der Waals surface area contributed by atoms with Crippen LogP contribution in [0.25, 0.3) is 22.4 Å². The first-order valence-electron chi connectivity index (χ1n) is 8.64. The molecule has 4 rings (SSSR count). The van der Waals surface area contributed by atoms with Crippen molar-refractivity contribution in [2.45, 2.75) is 25.2 Å². The molecule has 7 heteroatoms. The van der Waals surface area contributed by atoms with Crippen molar-refractivity contribution in [2.24, 2.45) is 5.41 Å². The molecule has 0 fully saturated rings. The molecule has 0 radical (unpaired) electrons. The van der Waals surface area contributed by atoms with Gasteiger partial charge in [0.25, 0.3) is 0 Å². The standard InChI is InChI=1S/C20H21N3O3S/c1-20(2)10-11-7-15-16(9-14(11)23-19(20)24)22-18(21-15)13-6-5-12(27(4)25)8-17(13)26-3/h5-9H,10H2,1-4H3,(H,21,22)(H,23,24). The topological polar surface area (TPSA) is 90.1 Å². The predicted octanol–water partition coefficient (Wildman–Crippen LogP) is 3.50. The van der Waals surface area contributed by atoms with Crippen LogP contribution in [0.15, 0.2) is 35.2 Å². The van der Waals surface area contributed by atoms with E-state index in [1.807, 2.05) is 38.1 Å². The van der Waals surface area contributed by atoms with Gasteiger partial charge in [-0.15, -0.1) is 0 Å². The molecule has 3 aromatic rings. The highest BCUT2D eigenvalue weighted by Crippen LogP contribution is 2.37. The Morgan fingerprint density at radius 3 is 2.74 bits per heavy atom. The molecule has 2 heterocycles. The zero-order valence-corrected chi connectivity index (χ0v) is 16.5. The SMILES string of the molecule is COc1cc([S+](C)[O-])ccc1-c1nc2cc3c(cc2[nH]1)CC(C)(C)C(=O)N3. The number of amides is 1. The van der Waals surface area contributed by atoms with Gasteiger partial charge in [-0.2, -0.15) is 0 Å². The number of hydrogen-bond acceptors (Lipinski definition) is 4. The fourth-order valence-corrected chi connectivity index (χ4v) is 3.92. The van der Waals surface area contributed by atoms with Gasteiger partial charge >= 0.3 is 0 Å². The van der Waals surface area contributed by atoms with Gasteiger partial charge in [-0.05, 0) is 47.4 Å². The van der Waals surface area contributed by atoms with Gasteiger partial charge in [-0.25, -0.2) is 4.98 Å². The van der Waals surface area contributed by atoms with Gasteiger partial charge in [0.15, 0.2) is 4.90 Å². The maximum atomic E-state index is 12.2. The number of anilines is 1. The highest BCUT2D eigenvalue weighted by molar-refractivity contribution is 7.90. The second kappa shape index (κ2) is 6.28. The third-order valence-corrected chi connectivity index (χ3v) is 5.88. The number of ether oxygens (including phenoxy) is 1. The fraction of sp³-hybridized carbons (Fsp3) is 0.300. The molecular weight excluding hydrogens is 362 g/mol. The molecule has 1 unspecified atom stereocenters. The van der Waals surface area contributed by atoms with Gasteiger partial charge in [0.1, 0.15) is 17.8 Å². The molecule has 140 valence electrons. The number of rotatable bonds is 3. The zero-order valence-electron chi connectivity index (χ0n) is 15.7. The van der Waals surface area contributed by atoms with E-state index < -0.39 is 16.6 Å². The molecule has 1 aliphatic rings. The van der Waals surface area contributed by atoms with Gasteiger partial charge in [-0.1, -0.05) is 13.8 Å². The van der Waals surface area contributed by atoms with Gasteiger partial charge in [0, 0.05) is 17.2 Å². The largest absolute Gasteiger partial charge is 0.612 e. The minimum atomic E-state index is -1.08. The third-order valence-electron chi connectivity index (χ3n) is 4.96. The molecule has 0 saturated carbocycles. The number of hydrogen-bond donors (Lipinski definition) is 2. The Morgan fingerprint density at radius 2 is 2.04 bits per heavy atom. The monoisotopic (exact) mass is 383 g/mol. The van der Waals surface area contributed by atoms with Crippen molar-refractivity contribution in [1.82, 2.24) is 9.97 Å². The van der Waals surface area contributed by atoms with Gasteiger partial charge in [0.05, 0.1) is 23.7 Å². The van der Waals surface area contributed by atoms with Crippen LogP contribution in [0.2, 0.25) is 0 Å². The van der Waals surface area contributed by atoms with E-state index in [1.54, 1.807) is 19.4 Å². The second-order valence-electron chi connectivity index (χ2n) is 7.44. The number of fused-ring (bicyclic) bond motifs is 2. The van der Waals surface area contributed by atoms with Crippen molar-refractivity contribution in [3.05, 3.63) is 35.9 Å². The van der Waals surface area contributed by atoms with Crippen molar-refractivity contribution in [2.75, 3.05) is 18.7 Å². The van der Waals surface area contributed by atoms with Crippen LogP contribution in [0.4, 0.5) is 5.69 Å². The Kier molecular flexibility index (Phi) is 4.16. The predicted molar refractivity (Wildman–Crippen MR) is 107 cm³/mol. The minimum absolute atomic E-state index is 0.0231. The van der Waals surface area contributed by atoms with Crippen molar-refractivity contribution in [3.63, 3.8) is 0 Å². The lowest BCUT2D eigenvalue weighted by Gasteiger charge is -2.30. The summed E-state index contributed by atoms with van der Waals surface area (Å²) in [4.78, 5) is 20.9. The molecule has 0 saturated heterocycles. The van der Waals surface area contributed by atoms with Crippen LogP contribution in [-0.2, 0) is 22.4 Å². The lowest BCUT2D eigenvalue weighted by Crippen LogP contribution is -2.36. The Bertz CT molecular complexity index is 1060. The van der Waals surface area contributed by atoms with Crippen LogP contribution in [0, 0.1) is 5.41 Å². The first-order chi connectivity index (χ1) is 12.8. The van der Waals surface area contributed by atoms with E-state index in [0.29, 0.717) is 22.9 Å². The molecule has 2 aromatic carbocycles. The molecule has 0 aliphatic carbocycles. The molecule has 0 bridgehead atoms. The van der Waals surface area contributed by atoms with Crippen LogP contribution >= 0.6 is 0 Å². The van der Waals surface area contributed by atoms with Crippen molar-refractivity contribution in [3.8, 4) is 17.1 Å². The Labute approximate surface area is 160 Å². The average Bonchev–Trinajstić information content (AvgIpc) is 3.02. The van der Waals surface area contributed by atoms with Gasteiger partial charge < -0.3 is 19.6 Å². The summed E-state index contributed by atoms with van der Waals surface area (Å²) in [6.07, 6.45) is 2.31. The van der Waals surface area contributed by atoms with Crippen molar-refractivity contribution >= 4 is 33.8 Å². The van der Waals surface area contributed by atoms with Crippen LogP contribution in [0.5, 0.6) is 5.75 Å². The van der Waals surface area contributed by atoms with E-state index in [1.165, 1.54) is 0 Å². The van der Waals surface area contributed by atoms with Crippen LogP contribution in [0.3, 0.4) is 0 Å². The Hall–Kier alpha value is -2.51. The highest BCUT2D eigenvalue weighted by Gasteiger charge is 2.33. The summed E-state index contributed by atoms with van der Waals surface area (Å²) in [5.74, 6) is 1.30. The number of carbonyl (C=O) groups excluding carboxylic acids is 1. The molecule has 0 spiro atoms. The number of aromatic amines is 1. The summed E-state index contributed by atoms with van der Waals surface area (Å²) in [6.45, 7) is 3.88. The zero-order chi connectivity index (χ0) is 19.3. The molecule has 1 aliphatic heterocycles. The number of benzene rings is 2. The Balaban J connectivity index is 1.80. The number of carbonyl (C=O) groups is 1. The normalized spacial score (nSPS) is 16.7. The maximum absolute atomic E-state index is 12.2. The first kappa shape index (κ1) is 17.9. The quantitative estimate of drug-likeness (QED) is 0.678. The van der Waals surface area contributed by atoms with Crippen LogP contribution < -0.4 is 10.1 Å². The molecule has 1 amide bonds. The highest BCUT2D eigenvalue weighted by atomic mass is 32.2. The smallest absolute Gasteiger partial charge is 0.230 e. The minimum Gasteiger partial charge on any atom is -0.612 e. The molecule has 6 nitrogen and oxygen atoms in total. The Morgan fingerprint density at radius 1 is 1.26 bits per heavy atom. The van der Waals surface area contributed by atoms with E-state index in [4.69, 9.17) is 4.74 Å². The summed E-state index contributed by atoms with van der Waals surface area (Å²) < 4.78 is 17.2. The summed E-state index contributed by atoms with van der Waals surface area (Å²) in [5, 5.41) is 2.98. The molecule has 1 atom stereocenters. The lowest BCUT2D eigenvalue weighted by molar-refractivity contribution is -0.124. The molecule has 1 aromatic heterocycles. The first-order valence-corrected chi connectivity index (χ1v) is 10.2. The van der Waals surface area contributed by atoms with Crippen molar-refractivity contribution in [1.29, 1.82) is 0 Å². The summed E-state index contributed by atoms with van der Waals surface area (Å²) in [7, 11) is 1.58. The average molecular weight is 383 g/mol. The number of nitrogens with one attached hydrogen (secondary N) is 2.